The molecule has 0 aliphatic rings. The lowest BCUT2D eigenvalue weighted by Gasteiger charge is -2.27. The zero-order valence-corrected chi connectivity index (χ0v) is 12.8. The Labute approximate surface area is 130 Å². The van der Waals surface area contributed by atoms with E-state index in [9.17, 15) is 9.50 Å². The molecule has 0 saturated heterocycles. The molecular weight excluding hydrogens is 279 g/mol. The smallest absolute Gasteiger partial charge is 0.143 e. The highest BCUT2D eigenvalue weighted by molar-refractivity contribution is 5.60. The van der Waals surface area contributed by atoms with Gasteiger partial charge in [0.05, 0.1) is 11.8 Å². The van der Waals surface area contributed by atoms with Gasteiger partial charge in [0.15, 0.2) is 0 Å². The molecule has 3 nitrogen and oxygen atoms in total. The van der Waals surface area contributed by atoms with Gasteiger partial charge < -0.3 is 10.0 Å². The molecule has 0 aliphatic carbocycles. The molecule has 114 valence electrons. The Morgan fingerprint density at radius 1 is 1.23 bits per heavy atom. The highest BCUT2D eigenvalue weighted by Gasteiger charge is 2.17. The lowest BCUT2D eigenvalue weighted by atomic mass is 10.1. The van der Waals surface area contributed by atoms with Gasteiger partial charge in [0.1, 0.15) is 17.4 Å². The lowest BCUT2D eigenvalue weighted by Crippen LogP contribution is -2.29. The van der Waals surface area contributed by atoms with Crippen molar-refractivity contribution >= 4 is 5.69 Å². The number of aliphatic hydroxyl groups excluding tert-OH is 1. The van der Waals surface area contributed by atoms with E-state index in [-0.39, 0.29) is 5.56 Å². The van der Waals surface area contributed by atoms with Gasteiger partial charge in [0.25, 0.3) is 0 Å². The molecule has 22 heavy (non-hydrogen) atoms. The van der Waals surface area contributed by atoms with Crippen molar-refractivity contribution in [2.75, 3.05) is 18.0 Å². The zero-order valence-electron chi connectivity index (χ0n) is 12.8. The number of benzene rings is 2. The van der Waals surface area contributed by atoms with Crippen molar-refractivity contribution in [3.63, 3.8) is 0 Å². The second-order valence-electron chi connectivity index (χ2n) is 5.21. The molecule has 2 aromatic carbocycles. The minimum absolute atomic E-state index is 0.0143. The van der Waals surface area contributed by atoms with E-state index < -0.39 is 11.9 Å². The largest absolute Gasteiger partial charge is 0.387 e. The van der Waals surface area contributed by atoms with Gasteiger partial charge in [0, 0.05) is 13.1 Å². The van der Waals surface area contributed by atoms with Crippen molar-refractivity contribution in [3.05, 3.63) is 65.0 Å². The molecule has 1 atom stereocenters. The van der Waals surface area contributed by atoms with Crippen LogP contribution >= 0.6 is 0 Å². The van der Waals surface area contributed by atoms with Gasteiger partial charge in [-0.05, 0) is 31.5 Å². The molecule has 0 aliphatic heterocycles. The molecule has 0 spiro atoms. The van der Waals surface area contributed by atoms with Crippen molar-refractivity contribution < 1.29 is 9.50 Å². The fraction of sp³-hybridized carbons (Fsp3) is 0.278. The van der Waals surface area contributed by atoms with E-state index in [4.69, 9.17) is 5.26 Å². The second-order valence-corrected chi connectivity index (χ2v) is 5.21. The van der Waals surface area contributed by atoms with Gasteiger partial charge in [-0.15, -0.1) is 0 Å². The molecule has 0 radical (unpaired) electrons. The van der Waals surface area contributed by atoms with Crippen LogP contribution in [0, 0.1) is 24.1 Å². The van der Waals surface area contributed by atoms with Crippen LogP contribution in [0.15, 0.2) is 42.5 Å². The summed E-state index contributed by atoms with van der Waals surface area (Å²) < 4.78 is 13.7. The van der Waals surface area contributed by atoms with Crippen LogP contribution in [0.25, 0.3) is 0 Å². The van der Waals surface area contributed by atoms with E-state index in [1.165, 1.54) is 6.07 Å². The molecule has 0 saturated carbocycles. The summed E-state index contributed by atoms with van der Waals surface area (Å²) in [6.45, 7) is 4.77. The van der Waals surface area contributed by atoms with Crippen LogP contribution in [0.1, 0.15) is 29.7 Å². The van der Waals surface area contributed by atoms with E-state index >= 15 is 0 Å². The van der Waals surface area contributed by atoms with E-state index in [0.717, 1.165) is 11.1 Å². The molecule has 4 heteroatoms. The molecule has 0 heterocycles. The Hall–Kier alpha value is -2.38. The van der Waals surface area contributed by atoms with Crippen molar-refractivity contribution in [2.24, 2.45) is 0 Å². The SMILES string of the molecule is CCN(CC(O)c1ccc(C)cc1)c1cccc(F)c1C#N. The van der Waals surface area contributed by atoms with Gasteiger partial charge in [-0.25, -0.2) is 4.39 Å². The van der Waals surface area contributed by atoms with E-state index in [1.807, 2.05) is 49.1 Å². The molecular formula is C18H19FN2O. The highest BCUT2D eigenvalue weighted by atomic mass is 19.1. The predicted molar refractivity (Wildman–Crippen MR) is 85.1 cm³/mol. The molecule has 1 unspecified atom stereocenters. The van der Waals surface area contributed by atoms with Crippen LogP contribution in [0.2, 0.25) is 0 Å². The van der Waals surface area contributed by atoms with E-state index in [1.54, 1.807) is 12.1 Å². The fourth-order valence-electron chi connectivity index (χ4n) is 2.39. The van der Waals surface area contributed by atoms with Gasteiger partial charge >= 0.3 is 0 Å². The number of nitrogens with zero attached hydrogens (tertiary/aromatic N) is 2. The quantitative estimate of drug-likeness (QED) is 0.918. The van der Waals surface area contributed by atoms with Gasteiger partial charge in [-0.2, -0.15) is 5.26 Å². The Kier molecular flexibility index (Phi) is 5.13. The summed E-state index contributed by atoms with van der Waals surface area (Å²) in [5.74, 6) is -0.539. The average molecular weight is 298 g/mol. The Morgan fingerprint density at radius 3 is 2.50 bits per heavy atom. The fourth-order valence-corrected chi connectivity index (χ4v) is 2.39. The van der Waals surface area contributed by atoms with Crippen LogP contribution in [0.4, 0.5) is 10.1 Å². The molecule has 1 N–H and O–H groups in total. The summed E-state index contributed by atoms with van der Waals surface area (Å²) in [4.78, 5) is 1.81. The van der Waals surface area contributed by atoms with E-state index in [2.05, 4.69) is 0 Å². The van der Waals surface area contributed by atoms with Crippen LogP contribution < -0.4 is 4.90 Å². The van der Waals surface area contributed by atoms with Crippen LogP contribution in [0.5, 0.6) is 0 Å². The molecule has 2 aromatic rings. The molecule has 2 rings (SSSR count). The Bertz CT molecular complexity index is 676. The number of aliphatic hydroxyl groups is 1. The predicted octanol–water partition coefficient (Wildman–Crippen LogP) is 3.57. The normalized spacial score (nSPS) is 11.8. The molecule has 0 aromatic heterocycles. The first-order valence-corrected chi connectivity index (χ1v) is 7.25. The molecule has 0 amide bonds. The first-order valence-electron chi connectivity index (χ1n) is 7.25. The number of rotatable bonds is 5. The van der Waals surface area contributed by atoms with Crippen LogP contribution in [0.3, 0.4) is 0 Å². The van der Waals surface area contributed by atoms with Gasteiger partial charge in [-0.3, -0.25) is 0 Å². The number of aryl methyl sites for hydroxylation is 1. The third kappa shape index (κ3) is 3.44. The summed E-state index contributed by atoms with van der Waals surface area (Å²) in [6, 6.07) is 14.1. The van der Waals surface area contributed by atoms with Crippen molar-refractivity contribution in [1.29, 1.82) is 5.26 Å². The maximum atomic E-state index is 13.7. The van der Waals surface area contributed by atoms with Crippen molar-refractivity contribution in [3.8, 4) is 6.07 Å². The maximum Gasteiger partial charge on any atom is 0.143 e. The third-order valence-electron chi connectivity index (χ3n) is 3.68. The first-order chi connectivity index (χ1) is 10.6. The van der Waals surface area contributed by atoms with E-state index in [0.29, 0.717) is 18.8 Å². The number of nitriles is 1. The van der Waals surface area contributed by atoms with Crippen LogP contribution in [-0.4, -0.2) is 18.2 Å². The lowest BCUT2D eigenvalue weighted by molar-refractivity contribution is 0.183. The highest BCUT2D eigenvalue weighted by Crippen LogP contribution is 2.25. The monoisotopic (exact) mass is 298 g/mol. The number of hydrogen-bond acceptors (Lipinski definition) is 3. The zero-order chi connectivity index (χ0) is 16.1. The number of likely N-dealkylation sites (N-methyl/N-ethyl adjacent to an activating group) is 1. The topological polar surface area (TPSA) is 47.3 Å². The summed E-state index contributed by atoms with van der Waals surface area (Å²) in [5.41, 5.74) is 2.45. The number of hydrogen-bond donors (Lipinski definition) is 1. The molecule has 0 fully saturated rings. The van der Waals surface area contributed by atoms with Crippen LogP contribution in [-0.2, 0) is 0 Å². The van der Waals surface area contributed by atoms with Crippen molar-refractivity contribution in [1.82, 2.24) is 0 Å². The Morgan fingerprint density at radius 2 is 1.91 bits per heavy atom. The first kappa shape index (κ1) is 16.0. The number of halogens is 1. The summed E-state index contributed by atoms with van der Waals surface area (Å²) in [6.07, 6.45) is -0.699. The molecule has 0 bridgehead atoms. The minimum Gasteiger partial charge on any atom is -0.387 e. The average Bonchev–Trinajstić information content (AvgIpc) is 2.52. The maximum absolute atomic E-state index is 13.7. The number of anilines is 1. The van der Waals surface area contributed by atoms with Crippen molar-refractivity contribution in [2.45, 2.75) is 20.0 Å². The second kappa shape index (κ2) is 7.06. The summed E-state index contributed by atoms with van der Waals surface area (Å²) in [5, 5.41) is 19.5. The summed E-state index contributed by atoms with van der Waals surface area (Å²) >= 11 is 0. The Balaban J connectivity index is 2.24. The summed E-state index contributed by atoms with van der Waals surface area (Å²) in [7, 11) is 0. The van der Waals surface area contributed by atoms with Gasteiger partial charge in [0.2, 0.25) is 0 Å². The minimum atomic E-state index is -0.699. The standard InChI is InChI=1S/C18H19FN2O/c1-3-21(17-6-4-5-16(19)15(17)11-20)12-18(22)14-9-7-13(2)8-10-14/h4-10,18,22H,3,12H2,1-2H3. The third-order valence-corrected chi connectivity index (χ3v) is 3.68. The van der Waals surface area contributed by atoms with Gasteiger partial charge in [-0.1, -0.05) is 35.9 Å².